The van der Waals surface area contributed by atoms with Crippen molar-refractivity contribution in [1.82, 2.24) is 19.1 Å². The molecule has 0 amide bonds. The van der Waals surface area contributed by atoms with E-state index in [1.165, 1.54) is 4.57 Å². The molecule has 2 heterocycles. The molecule has 0 aromatic carbocycles. The number of allylic oxidation sites excluding steroid dienone is 2. The van der Waals surface area contributed by atoms with Crippen molar-refractivity contribution in [3.8, 4) is 0 Å². The third kappa shape index (κ3) is 2.81. The molecule has 120 valence electrons. The zero-order valence-electron chi connectivity index (χ0n) is 13.2. The van der Waals surface area contributed by atoms with E-state index in [9.17, 15) is 9.59 Å². The van der Waals surface area contributed by atoms with Crippen LogP contribution in [0.2, 0.25) is 0 Å². The molecule has 0 aliphatic heterocycles. The smallest absolute Gasteiger partial charge is 0.329 e. The summed E-state index contributed by atoms with van der Waals surface area (Å²) in [4.78, 5) is 32.8. The standard InChI is InChI=1S/C14H20ClN5O2/c1-5-19(6-2)13-16-11-10(20(13)8-7-9(3)15)12(21)17-14(22)18(11)4/h7H,5-6,8H2,1-4H3,(H,17,21,22)/b9-7+. The van der Waals surface area contributed by atoms with Gasteiger partial charge in [0.2, 0.25) is 5.95 Å². The second-order valence-electron chi connectivity index (χ2n) is 4.98. The number of anilines is 1. The van der Waals surface area contributed by atoms with Crippen LogP contribution >= 0.6 is 11.6 Å². The number of aromatic nitrogens is 4. The lowest BCUT2D eigenvalue weighted by molar-refractivity contribution is 0.753. The fraction of sp³-hybridized carbons (Fsp3) is 0.500. The molecule has 22 heavy (non-hydrogen) atoms. The minimum atomic E-state index is -0.475. The first kappa shape index (κ1) is 16.4. The third-order valence-corrected chi connectivity index (χ3v) is 3.74. The van der Waals surface area contributed by atoms with Crippen molar-refractivity contribution >= 4 is 28.7 Å². The highest BCUT2D eigenvalue weighted by Crippen LogP contribution is 2.19. The maximum Gasteiger partial charge on any atom is 0.329 e. The molecule has 0 saturated carbocycles. The molecule has 0 unspecified atom stereocenters. The van der Waals surface area contributed by atoms with Gasteiger partial charge in [-0.15, -0.1) is 0 Å². The number of hydrogen-bond donors (Lipinski definition) is 1. The van der Waals surface area contributed by atoms with Crippen LogP contribution in [0.5, 0.6) is 0 Å². The van der Waals surface area contributed by atoms with Gasteiger partial charge in [0.25, 0.3) is 5.56 Å². The van der Waals surface area contributed by atoms with Crippen molar-refractivity contribution in [3.05, 3.63) is 31.9 Å². The van der Waals surface area contributed by atoms with Crippen molar-refractivity contribution in [2.24, 2.45) is 7.05 Å². The minimum Gasteiger partial charge on any atom is -0.343 e. The zero-order valence-corrected chi connectivity index (χ0v) is 13.9. The van der Waals surface area contributed by atoms with Gasteiger partial charge in [-0.3, -0.25) is 14.3 Å². The van der Waals surface area contributed by atoms with Crippen LogP contribution in [0.3, 0.4) is 0 Å². The van der Waals surface area contributed by atoms with E-state index in [2.05, 4.69) is 9.97 Å². The molecule has 0 spiro atoms. The lowest BCUT2D eigenvalue weighted by Crippen LogP contribution is -2.29. The lowest BCUT2D eigenvalue weighted by Gasteiger charge is -2.20. The SMILES string of the molecule is CCN(CC)c1nc2c(c(=O)[nH]c(=O)n2C)n1C/C=C(\C)Cl. The number of rotatable bonds is 5. The molecule has 8 heteroatoms. The van der Waals surface area contributed by atoms with Gasteiger partial charge in [-0.2, -0.15) is 4.98 Å². The second kappa shape index (κ2) is 6.39. The Morgan fingerprint density at radius 1 is 1.36 bits per heavy atom. The summed E-state index contributed by atoms with van der Waals surface area (Å²) in [5.74, 6) is 0.654. The molecule has 2 aromatic heterocycles. The van der Waals surface area contributed by atoms with Crippen LogP contribution in [0.1, 0.15) is 20.8 Å². The van der Waals surface area contributed by atoms with Gasteiger partial charge in [-0.1, -0.05) is 17.7 Å². The number of H-pyrrole nitrogens is 1. The highest BCUT2D eigenvalue weighted by Gasteiger charge is 2.19. The van der Waals surface area contributed by atoms with Gasteiger partial charge in [-0.25, -0.2) is 4.79 Å². The Balaban J connectivity index is 2.83. The number of nitrogens with zero attached hydrogens (tertiary/aromatic N) is 4. The highest BCUT2D eigenvalue weighted by atomic mass is 35.5. The Kier molecular flexibility index (Phi) is 4.75. The minimum absolute atomic E-state index is 0.372. The maximum atomic E-state index is 12.2. The number of halogens is 1. The van der Waals surface area contributed by atoms with Crippen molar-refractivity contribution in [2.45, 2.75) is 27.3 Å². The zero-order chi connectivity index (χ0) is 16.4. The van der Waals surface area contributed by atoms with Crippen molar-refractivity contribution < 1.29 is 0 Å². The van der Waals surface area contributed by atoms with E-state index in [-0.39, 0.29) is 0 Å². The van der Waals surface area contributed by atoms with E-state index in [1.54, 1.807) is 24.6 Å². The first-order valence-electron chi connectivity index (χ1n) is 7.17. The van der Waals surface area contributed by atoms with Crippen molar-refractivity contribution in [3.63, 3.8) is 0 Å². The molecule has 0 aliphatic carbocycles. The number of aryl methyl sites for hydroxylation is 1. The second-order valence-corrected chi connectivity index (χ2v) is 5.57. The summed E-state index contributed by atoms with van der Waals surface area (Å²) in [5.41, 5.74) is -0.170. The summed E-state index contributed by atoms with van der Waals surface area (Å²) in [6.07, 6.45) is 1.81. The van der Waals surface area contributed by atoms with Crippen LogP contribution in [-0.2, 0) is 13.6 Å². The normalized spacial score (nSPS) is 12.1. The van der Waals surface area contributed by atoms with Crippen LogP contribution in [0.15, 0.2) is 20.7 Å². The molecule has 7 nitrogen and oxygen atoms in total. The Morgan fingerprint density at radius 3 is 2.55 bits per heavy atom. The summed E-state index contributed by atoms with van der Waals surface area (Å²) in [6, 6.07) is 0. The predicted octanol–water partition coefficient (Wildman–Crippen LogP) is 1.41. The van der Waals surface area contributed by atoms with Gasteiger partial charge >= 0.3 is 5.69 Å². The average Bonchev–Trinajstić information content (AvgIpc) is 2.84. The molecule has 2 rings (SSSR count). The summed E-state index contributed by atoms with van der Waals surface area (Å²) in [5, 5.41) is 0.633. The van der Waals surface area contributed by atoms with Gasteiger partial charge in [0.15, 0.2) is 11.2 Å². The summed E-state index contributed by atoms with van der Waals surface area (Å²) >= 11 is 5.91. The van der Waals surface area contributed by atoms with Crippen molar-refractivity contribution in [1.29, 1.82) is 0 Å². The Bertz CT molecular complexity index is 822. The fourth-order valence-electron chi connectivity index (χ4n) is 2.36. The largest absolute Gasteiger partial charge is 0.343 e. The first-order chi connectivity index (χ1) is 10.4. The van der Waals surface area contributed by atoms with Gasteiger partial charge in [0.1, 0.15) is 0 Å². The van der Waals surface area contributed by atoms with E-state index < -0.39 is 11.2 Å². The van der Waals surface area contributed by atoms with E-state index >= 15 is 0 Å². The first-order valence-corrected chi connectivity index (χ1v) is 7.55. The summed E-state index contributed by atoms with van der Waals surface area (Å²) in [7, 11) is 1.59. The quantitative estimate of drug-likeness (QED) is 0.902. The Hall–Kier alpha value is -2.02. The predicted molar refractivity (Wildman–Crippen MR) is 88.8 cm³/mol. The maximum absolute atomic E-state index is 12.2. The molecule has 0 bridgehead atoms. The number of imidazole rings is 1. The molecule has 1 N–H and O–H groups in total. The van der Waals surface area contributed by atoms with E-state index in [4.69, 9.17) is 11.6 Å². The lowest BCUT2D eigenvalue weighted by atomic mass is 10.4. The van der Waals surface area contributed by atoms with Crippen molar-refractivity contribution in [2.75, 3.05) is 18.0 Å². The molecule has 0 aliphatic rings. The van der Waals surface area contributed by atoms with E-state index in [0.29, 0.717) is 28.7 Å². The van der Waals surface area contributed by atoms with Crippen LogP contribution in [0.4, 0.5) is 5.95 Å². The number of nitrogens with one attached hydrogen (secondary N) is 1. The molecule has 0 saturated heterocycles. The third-order valence-electron chi connectivity index (χ3n) is 3.59. The Morgan fingerprint density at radius 2 is 2.00 bits per heavy atom. The van der Waals surface area contributed by atoms with E-state index in [1.807, 2.05) is 18.7 Å². The summed E-state index contributed by atoms with van der Waals surface area (Å²) < 4.78 is 3.13. The topological polar surface area (TPSA) is 75.9 Å². The highest BCUT2D eigenvalue weighted by molar-refractivity contribution is 6.29. The fourth-order valence-corrected chi connectivity index (χ4v) is 2.43. The number of hydrogen-bond acceptors (Lipinski definition) is 4. The molecular formula is C14H20ClN5O2. The molecule has 0 fully saturated rings. The molecule has 0 atom stereocenters. The summed E-state index contributed by atoms with van der Waals surface area (Å²) in [6.45, 7) is 7.71. The van der Waals surface area contributed by atoms with Gasteiger partial charge < -0.3 is 9.47 Å². The van der Waals surface area contributed by atoms with Gasteiger partial charge in [0, 0.05) is 31.7 Å². The number of aromatic amines is 1. The van der Waals surface area contributed by atoms with Gasteiger partial charge in [0.05, 0.1) is 0 Å². The Labute approximate surface area is 132 Å². The van der Waals surface area contributed by atoms with E-state index in [0.717, 1.165) is 13.1 Å². The molecular weight excluding hydrogens is 306 g/mol. The monoisotopic (exact) mass is 325 g/mol. The van der Waals surface area contributed by atoms with Gasteiger partial charge in [-0.05, 0) is 20.8 Å². The molecule has 2 aromatic rings. The molecule has 0 radical (unpaired) electrons. The van der Waals surface area contributed by atoms with Crippen LogP contribution in [0, 0.1) is 0 Å². The number of fused-ring (bicyclic) bond motifs is 1. The average molecular weight is 326 g/mol. The van der Waals surface area contributed by atoms with Crippen LogP contribution in [0.25, 0.3) is 11.2 Å². The van der Waals surface area contributed by atoms with Crippen LogP contribution < -0.4 is 16.1 Å². The van der Waals surface area contributed by atoms with Crippen LogP contribution in [-0.4, -0.2) is 32.2 Å².